The molecule has 5 aromatic rings. The number of hydrogen-bond acceptors (Lipinski definition) is 6. The average molecular weight is 554 g/mol. The molecule has 1 fully saturated rings. The van der Waals surface area contributed by atoms with Crippen molar-refractivity contribution in [2.45, 2.75) is 28.4 Å². The van der Waals surface area contributed by atoms with Crippen molar-refractivity contribution in [3.8, 4) is 0 Å². The summed E-state index contributed by atoms with van der Waals surface area (Å²) >= 11 is 7.43. The van der Waals surface area contributed by atoms with Gasteiger partial charge in [-0.1, -0.05) is 17.8 Å². The third kappa shape index (κ3) is 5.16. The zero-order valence-electron chi connectivity index (χ0n) is 20.6. The molecule has 1 aliphatic heterocycles. The van der Waals surface area contributed by atoms with Gasteiger partial charge in [-0.25, -0.2) is 0 Å². The third-order valence-electron chi connectivity index (χ3n) is 6.57. The maximum Gasteiger partial charge on any atom is 0.269 e. The van der Waals surface area contributed by atoms with Gasteiger partial charge in [0, 0.05) is 45.7 Å². The third-order valence-corrected chi connectivity index (χ3v) is 7.90. The van der Waals surface area contributed by atoms with Gasteiger partial charge in [0.25, 0.3) is 5.69 Å². The Bertz CT molecular complexity index is 1590. The van der Waals surface area contributed by atoms with E-state index in [1.54, 1.807) is 36.4 Å². The summed E-state index contributed by atoms with van der Waals surface area (Å²) in [4.78, 5) is 19.3. The fourth-order valence-corrected chi connectivity index (χ4v) is 5.95. The molecule has 6 rings (SSSR count). The zero-order valence-corrected chi connectivity index (χ0v) is 22.2. The molecule has 1 saturated heterocycles. The molecule has 10 heteroatoms. The summed E-state index contributed by atoms with van der Waals surface area (Å²) in [6.07, 6.45) is 5.53. The van der Waals surface area contributed by atoms with Gasteiger partial charge in [0.2, 0.25) is 0 Å². The van der Waals surface area contributed by atoms with Crippen LogP contribution in [0.15, 0.2) is 124 Å². The largest absolute Gasteiger partial charge is 0.467 e. The molecule has 194 valence electrons. The van der Waals surface area contributed by atoms with Gasteiger partial charge < -0.3 is 19.2 Å². The second kappa shape index (κ2) is 10.8. The number of nitrogens with one attached hydrogen (secondary N) is 1. The van der Waals surface area contributed by atoms with Gasteiger partial charge in [-0.15, -0.1) is 0 Å². The van der Waals surface area contributed by atoms with Gasteiger partial charge in [-0.3, -0.25) is 15.1 Å². The Kier molecular flexibility index (Phi) is 6.87. The van der Waals surface area contributed by atoms with Crippen LogP contribution in [-0.4, -0.2) is 19.6 Å². The predicted molar refractivity (Wildman–Crippen MR) is 154 cm³/mol. The number of benzene rings is 2. The van der Waals surface area contributed by atoms with Gasteiger partial charge in [0.15, 0.2) is 5.11 Å². The lowest BCUT2D eigenvalue weighted by Gasteiger charge is -2.29. The van der Waals surface area contributed by atoms with Crippen LogP contribution in [0.25, 0.3) is 0 Å². The van der Waals surface area contributed by atoms with Crippen molar-refractivity contribution in [2.75, 3.05) is 4.90 Å². The van der Waals surface area contributed by atoms with Crippen LogP contribution in [0, 0.1) is 10.1 Å². The van der Waals surface area contributed by atoms with Crippen molar-refractivity contribution < 1.29 is 9.34 Å². The van der Waals surface area contributed by atoms with Gasteiger partial charge in [0.05, 0.1) is 29.5 Å². The molecular formula is C29H23N5O3S2. The van der Waals surface area contributed by atoms with Crippen LogP contribution in [0.2, 0.25) is 0 Å². The maximum atomic E-state index is 11.0. The number of anilines is 1. The van der Waals surface area contributed by atoms with Crippen LogP contribution < -0.4 is 10.2 Å². The zero-order chi connectivity index (χ0) is 26.8. The fraction of sp³-hybridized carbons (Fsp3) is 0.103. The van der Waals surface area contributed by atoms with Crippen LogP contribution >= 0.6 is 24.0 Å². The number of furan rings is 1. The van der Waals surface area contributed by atoms with E-state index in [9.17, 15) is 10.1 Å². The van der Waals surface area contributed by atoms with E-state index in [2.05, 4.69) is 44.2 Å². The van der Waals surface area contributed by atoms with Crippen molar-refractivity contribution in [1.82, 2.24) is 14.9 Å². The minimum Gasteiger partial charge on any atom is -0.467 e. The molecule has 4 heterocycles. The second-order valence-electron chi connectivity index (χ2n) is 8.98. The lowest BCUT2D eigenvalue weighted by atomic mass is 10.0. The van der Waals surface area contributed by atoms with E-state index in [-0.39, 0.29) is 17.8 Å². The lowest BCUT2D eigenvalue weighted by molar-refractivity contribution is -0.384. The van der Waals surface area contributed by atoms with E-state index in [1.165, 1.54) is 12.1 Å². The Morgan fingerprint density at radius 1 is 0.974 bits per heavy atom. The van der Waals surface area contributed by atoms with Gasteiger partial charge >= 0.3 is 0 Å². The first-order valence-corrected chi connectivity index (χ1v) is 13.5. The van der Waals surface area contributed by atoms with Gasteiger partial charge in [-0.05, 0) is 85.0 Å². The maximum absolute atomic E-state index is 11.0. The predicted octanol–water partition coefficient (Wildman–Crippen LogP) is 6.76. The average Bonchev–Trinajstić information content (AvgIpc) is 3.71. The number of pyridine rings is 1. The highest BCUT2D eigenvalue weighted by Gasteiger charge is 2.42. The molecule has 8 nitrogen and oxygen atoms in total. The number of thiocarbonyl (C=S) groups is 1. The molecule has 0 aliphatic carbocycles. The van der Waals surface area contributed by atoms with E-state index in [0.717, 1.165) is 32.6 Å². The number of nitrogens with zero attached hydrogens (tertiary/aromatic N) is 4. The number of rotatable bonds is 8. The molecule has 2 atom stereocenters. The standard InChI is InChI=1S/C29H23N5O3S2/c35-34(36)21-10-14-24(15-11-21)39-23-12-8-20(9-13-23)33-28(27(31-29(33)38)25-6-1-2-16-30-25)26-7-3-17-32(26)19-22-5-4-18-37-22/h1-18,27-28H,19H2,(H,31,38)/t27-,28-/m0/s1. The normalized spacial score (nSPS) is 16.8. The smallest absolute Gasteiger partial charge is 0.269 e. The molecular weight excluding hydrogens is 530 g/mol. The van der Waals surface area contributed by atoms with Crippen LogP contribution in [-0.2, 0) is 6.54 Å². The van der Waals surface area contributed by atoms with Crippen molar-refractivity contribution in [1.29, 1.82) is 0 Å². The highest BCUT2D eigenvalue weighted by molar-refractivity contribution is 7.99. The Labute approximate surface area is 234 Å². The molecule has 1 N–H and O–H groups in total. The Morgan fingerprint density at radius 3 is 2.41 bits per heavy atom. The van der Waals surface area contributed by atoms with E-state index >= 15 is 0 Å². The Hall–Kier alpha value is -4.41. The van der Waals surface area contributed by atoms with Gasteiger partial charge in [0.1, 0.15) is 11.8 Å². The molecule has 0 radical (unpaired) electrons. The fourth-order valence-electron chi connectivity index (χ4n) is 4.79. The number of nitro benzene ring substituents is 1. The molecule has 0 saturated carbocycles. The van der Waals surface area contributed by atoms with Crippen LogP contribution in [0.1, 0.15) is 29.2 Å². The molecule has 3 aromatic heterocycles. The van der Waals surface area contributed by atoms with Crippen LogP contribution in [0.5, 0.6) is 0 Å². The monoisotopic (exact) mass is 553 g/mol. The minimum atomic E-state index is -0.393. The first kappa shape index (κ1) is 24.9. The molecule has 0 bridgehead atoms. The summed E-state index contributed by atoms with van der Waals surface area (Å²) in [6, 6.07) is 28.4. The second-order valence-corrected chi connectivity index (χ2v) is 10.5. The quantitative estimate of drug-likeness (QED) is 0.128. The number of hydrogen-bond donors (Lipinski definition) is 1. The van der Waals surface area contributed by atoms with Crippen LogP contribution in [0.4, 0.5) is 11.4 Å². The summed E-state index contributed by atoms with van der Waals surface area (Å²) in [5, 5.41) is 15.1. The topological polar surface area (TPSA) is 89.4 Å². The molecule has 39 heavy (non-hydrogen) atoms. The molecule has 0 amide bonds. The van der Waals surface area contributed by atoms with Crippen molar-refractivity contribution in [3.63, 3.8) is 0 Å². The summed E-state index contributed by atoms with van der Waals surface area (Å²) in [5.74, 6) is 0.870. The Balaban J connectivity index is 1.32. The summed E-state index contributed by atoms with van der Waals surface area (Å²) < 4.78 is 7.81. The van der Waals surface area contributed by atoms with Crippen molar-refractivity contribution >= 4 is 40.5 Å². The van der Waals surface area contributed by atoms with Gasteiger partial charge in [-0.2, -0.15) is 0 Å². The van der Waals surface area contributed by atoms with E-state index < -0.39 is 4.92 Å². The number of aromatic nitrogens is 2. The molecule has 0 unspecified atom stereocenters. The highest BCUT2D eigenvalue weighted by atomic mass is 32.2. The first-order chi connectivity index (χ1) is 19.1. The van der Waals surface area contributed by atoms with E-state index in [0.29, 0.717) is 11.7 Å². The number of nitro groups is 1. The highest BCUT2D eigenvalue weighted by Crippen LogP contribution is 2.42. The summed E-state index contributed by atoms with van der Waals surface area (Å²) in [6.45, 7) is 0.603. The van der Waals surface area contributed by atoms with E-state index in [4.69, 9.17) is 16.6 Å². The van der Waals surface area contributed by atoms with E-state index in [1.807, 2.05) is 48.5 Å². The number of non-ortho nitro benzene ring substituents is 1. The van der Waals surface area contributed by atoms with Crippen molar-refractivity contribution in [2.24, 2.45) is 0 Å². The SMILES string of the molecule is O=[N+]([O-])c1ccc(Sc2ccc(N3C(=S)N[C@@H](c4ccccn4)[C@@H]3c3cccn3Cc3ccco3)cc2)cc1. The molecule has 0 spiro atoms. The molecule has 1 aliphatic rings. The van der Waals surface area contributed by atoms with Crippen LogP contribution in [0.3, 0.4) is 0 Å². The minimum absolute atomic E-state index is 0.0787. The first-order valence-electron chi connectivity index (χ1n) is 12.3. The summed E-state index contributed by atoms with van der Waals surface area (Å²) in [7, 11) is 0. The lowest BCUT2D eigenvalue weighted by Crippen LogP contribution is -2.30. The summed E-state index contributed by atoms with van der Waals surface area (Å²) in [5.41, 5.74) is 3.02. The van der Waals surface area contributed by atoms with Crippen molar-refractivity contribution in [3.05, 3.63) is 137 Å². The Morgan fingerprint density at radius 2 is 1.74 bits per heavy atom. The molecule has 2 aromatic carbocycles.